The summed E-state index contributed by atoms with van der Waals surface area (Å²) in [5.41, 5.74) is 2.54. The molecule has 1 saturated heterocycles. The average molecular weight is 607 g/mol. The molecule has 2 aromatic carbocycles. The molecule has 3 amide bonds. The number of rotatable bonds is 11. The van der Waals surface area contributed by atoms with Gasteiger partial charge in [-0.2, -0.15) is 0 Å². The number of hydrogen-bond acceptors (Lipinski definition) is 8. The fraction of sp³-hybridized carbons (Fsp3) is 0.455. The molecule has 44 heavy (non-hydrogen) atoms. The Bertz CT molecular complexity index is 1490. The largest absolute Gasteiger partial charge is 0.489 e. The molecule has 1 fully saturated rings. The highest BCUT2D eigenvalue weighted by Crippen LogP contribution is 2.37. The zero-order valence-electron chi connectivity index (χ0n) is 26.2. The third-order valence-corrected chi connectivity index (χ3v) is 7.44. The Hall–Kier alpha value is -4.22. The molecule has 236 valence electrons. The number of pyridine rings is 1. The maximum Gasteiger partial charge on any atom is 0.408 e. The Kier molecular flexibility index (Phi) is 10.1. The monoisotopic (exact) mass is 606 g/mol. The topological polar surface area (TPSA) is 139 Å². The summed E-state index contributed by atoms with van der Waals surface area (Å²) in [5, 5.41) is 13.2. The number of carbonyl (C=O) groups excluding carboxylic acids is 3. The van der Waals surface area contributed by atoms with E-state index in [1.54, 1.807) is 57.6 Å². The Balaban J connectivity index is 1.62. The minimum Gasteiger partial charge on any atom is -0.489 e. The first kappa shape index (κ1) is 32.7. The molecule has 0 bridgehead atoms. The van der Waals surface area contributed by atoms with E-state index in [2.05, 4.69) is 10.3 Å². The highest BCUT2D eigenvalue weighted by molar-refractivity contribution is 5.96. The average Bonchev–Trinajstić information content (AvgIpc) is 3.29. The highest BCUT2D eigenvalue weighted by atomic mass is 16.6. The number of alkyl carbamates (subject to hydrolysis) is 1. The molecule has 3 aromatic rings. The number of nitrogens with one attached hydrogen (secondary N) is 2. The summed E-state index contributed by atoms with van der Waals surface area (Å²) in [4.78, 5) is 45.8. The number of amides is 3. The molecule has 11 heteroatoms. The van der Waals surface area contributed by atoms with Crippen molar-refractivity contribution in [2.24, 2.45) is 5.92 Å². The first-order chi connectivity index (χ1) is 20.9. The first-order valence-corrected chi connectivity index (χ1v) is 14.7. The van der Waals surface area contributed by atoms with Crippen molar-refractivity contribution < 1.29 is 33.8 Å². The van der Waals surface area contributed by atoms with Gasteiger partial charge < -0.3 is 24.4 Å². The van der Waals surface area contributed by atoms with E-state index >= 15 is 0 Å². The number of benzene rings is 2. The number of fused-ring (bicyclic) bond motifs is 1. The van der Waals surface area contributed by atoms with Crippen molar-refractivity contribution in [1.29, 1.82) is 0 Å². The van der Waals surface area contributed by atoms with Crippen molar-refractivity contribution in [3.05, 3.63) is 71.4 Å². The molecule has 1 aliphatic rings. The Morgan fingerprint density at radius 1 is 1.09 bits per heavy atom. The summed E-state index contributed by atoms with van der Waals surface area (Å²) in [6.07, 6.45) is -0.218. The van der Waals surface area contributed by atoms with E-state index in [4.69, 9.17) is 14.2 Å². The summed E-state index contributed by atoms with van der Waals surface area (Å²) >= 11 is 0. The van der Waals surface area contributed by atoms with Crippen LogP contribution in [-0.4, -0.2) is 58.3 Å². The van der Waals surface area contributed by atoms with Crippen LogP contribution in [0.5, 0.6) is 5.75 Å². The molecule has 2 atom stereocenters. The van der Waals surface area contributed by atoms with Crippen LogP contribution in [0.25, 0.3) is 10.9 Å². The molecule has 0 spiro atoms. The van der Waals surface area contributed by atoms with Crippen LogP contribution in [-0.2, 0) is 37.8 Å². The Labute approximate surface area is 257 Å². The van der Waals surface area contributed by atoms with Gasteiger partial charge in [-0.3, -0.25) is 19.8 Å². The van der Waals surface area contributed by atoms with Crippen LogP contribution in [0.3, 0.4) is 0 Å². The van der Waals surface area contributed by atoms with Crippen LogP contribution < -0.4 is 15.5 Å². The number of para-hydroxylation sites is 1. The van der Waals surface area contributed by atoms with E-state index in [0.717, 1.165) is 22.2 Å². The van der Waals surface area contributed by atoms with Gasteiger partial charge in [0, 0.05) is 31.0 Å². The molecule has 0 aliphatic carbocycles. The van der Waals surface area contributed by atoms with Gasteiger partial charge in [0.15, 0.2) is 0 Å². The normalized spacial score (nSPS) is 17.5. The van der Waals surface area contributed by atoms with E-state index < -0.39 is 35.1 Å². The standard InChI is InChI=1S/C33H42N4O7/c1-21(2)17-28(29(38)36-41)37-16-15-33(30(37)39,35-31(40)44-32(3,4)5)23-11-13-25(14-12-23)43-19-22-18-24(20-42-6)34-27-10-8-7-9-26(22)27/h7-14,18,21,28,41H,15-17,19-20H2,1-6H3,(H,35,40)(H,36,38)/t28-,33-/m1/s1. The quantitative estimate of drug-likeness (QED) is 0.208. The van der Waals surface area contributed by atoms with E-state index in [0.29, 0.717) is 24.3 Å². The molecule has 2 heterocycles. The summed E-state index contributed by atoms with van der Waals surface area (Å²) in [6.45, 7) is 9.92. The van der Waals surface area contributed by atoms with Crippen molar-refractivity contribution in [3.63, 3.8) is 0 Å². The molecular weight excluding hydrogens is 564 g/mol. The van der Waals surface area contributed by atoms with Crippen LogP contribution >= 0.6 is 0 Å². The van der Waals surface area contributed by atoms with Crippen LogP contribution in [0.4, 0.5) is 4.79 Å². The number of carbonyl (C=O) groups is 3. The number of ether oxygens (including phenoxy) is 3. The summed E-state index contributed by atoms with van der Waals surface area (Å²) < 4.78 is 16.9. The Morgan fingerprint density at radius 2 is 1.80 bits per heavy atom. The molecule has 0 unspecified atom stereocenters. The van der Waals surface area contributed by atoms with Crippen LogP contribution in [0.2, 0.25) is 0 Å². The Morgan fingerprint density at radius 3 is 2.43 bits per heavy atom. The van der Waals surface area contributed by atoms with Crippen LogP contribution in [0.1, 0.15) is 64.3 Å². The van der Waals surface area contributed by atoms with E-state index in [1.165, 1.54) is 4.90 Å². The van der Waals surface area contributed by atoms with Gasteiger partial charge in [-0.05, 0) is 62.9 Å². The van der Waals surface area contributed by atoms with Gasteiger partial charge >= 0.3 is 6.09 Å². The molecule has 0 saturated carbocycles. The fourth-order valence-electron chi connectivity index (χ4n) is 5.52. The smallest absolute Gasteiger partial charge is 0.408 e. The predicted molar refractivity (Wildman–Crippen MR) is 164 cm³/mol. The van der Waals surface area contributed by atoms with Crippen molar-refractivity contribution >= 4 is 28.8 Å². The molecule has 4 rings (SSSR count). The number of methoxy groups -OCH3 is 1. The van der Waals surface area contributed by atoms with E-state index in [1.807, 2.05) is 44.2 Å². The number of aromatic nitrogens is 1. The second kappa shape index (κ2) is 13.6. The van der Waals surface area contributed by atoms with E-state index in [9.17, 15) is 19.6 Å². The molecular formula is C33H42N4O7. The second-order valence-corrected chi connectivity index (χ2v) is 12.4. The lowest BCUT2D eigenvalue weighted by Crippen LogP contribution is -2.56. The summed E-state index contributed by atoms with van der Waals surface area (Å²) in [7, 11) is 1.62. The van der Waals surface area contributed by atoms with E-state index in [-0.39, 0.29) is 25.5 Å². The van der Waals surface area contributed by atoms with Crippen molar-refractivity contribution in [1.82, 2.24) is 20.7 Å². The fourth-order valence-corrected chi connectivity index (χ4v) is 5.52. The minimum absolute atomic E-state index is 0.0680. The van der Waals surface area contributed by atoms with Gasteiger partial charge in [0.2, 0.25) is 0 Å². The molecule has 0 radical (unpaired) electrons. The SMILES string of the molecule is COCc1cc(COc2ccc([C@]3(NC(=O)OC(C)(C)C)CCN([C@H](CC(C)C)C(=O)NO)C3=O)cc2)c2ccccc2n1. The number of hydrogen-bond donors (Lipinski definition) is 3. The number of hydroxylamine groups is 1. The maximum atomic E-state index is 14.1. The minimum atomic E-state index is -1.48. The van der Waals surface area contributed by atoms with Crippen molar-refractivity contribution in [3.8, 4) is 5.75 Å². The second-order valence-electron chi connectivity index (χ2n) is 12.4. The lowest BCUT2D eigenvalue weighted by Gasteiger charge is -2.33. The van der Waals surface area contributed by atoms with Gasteiger partial charge in [-0.15, -0.1) is 0 Å². The summed E-state index contributed by atoms with van der Waals surface area (Å²) in [6, 6.07) is 15.8. The van der Waals surface area contributed by atoms with Gasteiger partial charge in [-0.1, -0.05) is 44.2 Å². The molecule has 3 N–H and O–H groups in total. The van der Waals surface area contributed by atoms with Gasteiger partial charge in [0.05, 0.1) is 17.8 Å². The van der Waals surface area contributed by atoms with Gasteiger partial charge in [0.1, 0.15) is 29.5 Å². The zero-order chi connectivity index (χ0) is 32.1. The van der Waals surface area contributed by atoms with Crippen LogP contribution in [0, 0.1) is 5.92 Å². The molecule has 1 aliphatic heterocycles. The lowest BCUT2D eigenvalue weighted by molar-refractivity contribution is -0.145. The third kappa shape index (κ3) is 7.46. The number of nitrogens with zero attached hydrogens (tertiary/aromatic N) is 2. The third-order valence-electron chi connectivity index (χ3n) is 7.44. The van der Waals surface area contributed by atoms with Crippen molar-refractivity contribution in [2.75, 3.05) is 13.7 Å². The maximum absolute atomic E-state index is 14.1. The van der Waals surface area contributed by atoms with Crippen molar-refractivity contribution in [2.45, 2.75) is 77.9 Å². The highest BCUT2D eigenvalue weighted by Gasteiger charge is 2.52. The van der Waals surface area contributed by atoms with Crippen LogP contribution in [0.15, 0.2) is 54.6 Å². The first-order valence-electron chi connectivity index (χ1n) is 14.7. The van der Waals surface area contributed by atoms with Gasteiger partial charge in [-0.25, -0.2) is 10.3 Å². The molecule has 11 nitrogen and oxygen atoms in total. The predicted octanol–water partition coefficient (Wildman–Crippen LogP) is 4.83. The number of likely N-dealkylation sites (tertiary alicyclic amines) is 1. The zero-order valence-corrected chi connectivity index (χ0v) is 26.2. The summed E-state index contributed by atoms with van der Waals surface area (Å²) in [5.74, 6) is -0.505. The lowest BCUT2D eigenvalue weighted by atomic mass is 9.88. The molecule has 1 aromatic heterocycles. The van der Waals surface area contributed by atoms with Gasteiger partial charge in [0.25, 0.3) is 11.8 Å².